The van der Waals surface area contributed by atoms with Gasteiger partial charge in [-0.15, -0.1) is 0 Å². The van der Waals surface area contributed by atoms with Crippen molar-refractivity contribution in [2.75, 3.05) is 6.54 Å². The highest BCUT2D eigenvalue weighted by Crippen LogP contribution is 2.39. The lowest BCUT2D eigenvalue weighted by Crippen LogP contribution is -2.47. The number of nitrogens with one attached hydrogen (secondary N) is 1. The molecule has 0 heterocycles. The Morgan fingerprint density at radius 2 is 2.00 bits per heavy atom. The van der Waals surface area contributed by atoms with Crippen LogP contribution < -0.4 is 10.1 Å². The molecule has 1 aromatic rings. The molecule has 5 nitrogen and oxygen atoms in total. The molecule has 0 amide bonds. The van der Waals surface area contributed by atoms with Gasteiger partial charge < -0.3 is 10.1 Å². The molecule has 1 N–H and O–H groups in total. The standard InChI is InChI=1S/C13H16Cl2N2O3/c1-2-3-16-8-4-10(5-8)20-13-11(14)6-9(17(18)19)7-12(13)15/h6-8,10,16H,2-5H2,1H3. The highest BCUT2D eigenvalue weighted by Gasteiger charge is 2.31. The molecule has 1 fully saturated rings. The molecule has 110 valence electrons. The second kappa shape index (κ2) is 6.61. The maximum atomic E-state index is 10.7. The molecule has 0 bridgehead atoms. The van der Waals surface area contributed by atoms with Crippen molar-refractivity contribution in [3.8, 4) is 5.75 Å². The largest absolute Gasteiger partial charge is 0.487 e. The summed E-state index contributed by atoms with van der Waals surface area (Å²) in [6.07, 6.45) is 2.94. The first kappa shape index (κ1) is 15.4. The fourth-order valence-electron chi connectivity index (χ4n) is 2.11. The summed E-state index contributed by atoms with van der Waals surface area (Å²) in [4.78, 5) is 10.2. The Labute approximate surface area is 127 Å². The lowest BCUT2D eigenvalue weighted by molar-refractivity contribution is -0.384. The number of nitro benzene ring substituents is 1. The molecular formula is C13H16Cl2N2O3. The molecule has 0 aliphatic heterocycles. The first-order valence-corrected chi connectivity index (χ1v) is 7.30. The minimum atomic E-state index is -0.532. The summed E-state index contributed by atoms with van der Waals surface area (Å²) in [7, 11) is 0. The number of non-ortho nitro benzene ring substituents is 1. The van der Waals surface area contributed by atoms with Crippen molar-refractivity contribution in [2.24, 2.45) is 0 Å². The van der Waals surface area contributed by atoms with Crippen molar-refractivity contribution < 1.29 is 9.66 Å². The van der Waals surface area contributed by atoms with Crippen molar-refractivity contribution in [1.29, 1.82) is 0 Å². The van der Waals surface area contributed by atoms with Crippen LogP contribution in [0, 0.1) is 10.1 Å². The maximum absolute atomic E-state index is 10.7. The van der Waals surface area contributed by atoms with E-state index in [2.05, 4.69) is 12.2 Å². The molecule has 0 saturated heterocycles. The average molecular weight is 319 g/mol. The van der Waals surface area contributed by atoms with Crippen LogP contribution in [-0.4, -0.2) is 23.6 Å². The molecule has 2 rings (SSSR count). The van der Waals surface area contributed by atoms with E-state index in [-0.39, 0.29) is 21.8 Å². The highest BCUT2D eigenvalue weighted by atomic mass is 35.5. The highest BCUT2D eigenvalue weighted by molar-refractivity contribution is 6.37. The van der Waals surface area contributed by atoms with Crippen molar-refractivity contribution >= 4 is 28.9 Å². The van der Waals surface area contributed by atoms with E-state index in [1.807, 2.05) is 0 Å². The van der Waals surface area contributed by atoms with Gasteiger partial charge in [-0.05, 0) is 25.8 Å². The normalized spacial score (nSPS) is 21.4. The van der Waals surface area contributed by atoms with Crippen molar-refractivity contribution in [3.05, 3.63) is 32.3 Å². The van der Waals surface area contributed by atoms with E-state index in [0.717, 1.165) is 25.8 Å². The van der Waals surface area contributed by atoms with E-state index in [1.165, 1.54) is 12.1 Å². The first-order valence-electron chi connectivity index (χ1n) is 6.54. The quantitative estimate of drug-likeness (QED) is 0.639. The van der Waals surface area contributed by atoms with Gasteiger partial charge in [0, 0.05) is 18.2 Å². The third-order valence-corrected chi connectivity index (χ3v) is 3.82. The summed E-state index contributed by atoms with van der Waals surface area (Å²) in [5.74, 6) is 0.331. The summed E-state index contributed by atoms with van der Waals surface area (Å²) in [5, 5.41) is 14.4. The molecule has 20 heavy (non-hydrogen) atoms. The molecule has 1 aliphatic carbocycles. The van der Waals surface area contributed by atoms with Crippen molar-refractivity contribution in [1.82, 2.24) is 5.32 Å². The fraction of sp³-hybridized carbons (Fsp3) is 0.538. The molecule has 0 radical (unpaired) electrons. The number of benzene rings is 1. The van der Waals surface area contributed by atoms with Crippen molar-refractivity contribution in [2.45, 2.75) is 38.3 Å². The van der Waals surface area contributed by atoms with E-state index in [9.17, 15) is 10.1 Å². The molecule has 0 atom stereocenters. The van der Waals surface area contributed by atoms with Crippen LogP contribution in [0.5, 0.6) is 5.75 Å². The Bertz CT molecular complexity index is 481. The second-order valence-corrected chi connectivity index (χ2v) is 5.67. The smallest absolute Gasteiger partial charge is 0.272 e. The number of rotatable bonds is 6. The molecule has 0 aromatic heterocycles. The number of hydrogen-bond acceptors (Lipinski definition) is 4. The molecular weight excluding hydrogens is 303 g/mol. The van der Waals surface area contributed by atoms with E-state index in [1.54, 1.807) is 0 Å². The lowest BCUT2D eigenvalue weighted by atomic mass is 9.89. The van der Waals surface area contributed by atoms with Crippen LogP contribution in [0.2, 0.25) is 10.0 Å². The molecule has 0 unspecified atom stereocenters. The van der Waals surface area contributed by atoms with Gasteiger partial charge in [0.05, 0.1) is 15.0 Å². The zero-order valence-corrected chi connectivity index (χ0v) is 12.6. The number of nitro groups is 1. The van der Waals surface area contributed by atoms with E-state index < -0.39 is 4.92 Å². The second-order valence-electron chi connectivity index (χ2n) is 4.86. The first-order chi connectivity index (χ1) is 9.51. The van der Waals surface area contributed by atoms with Crippen LogP contribution in [0.25, 0.3) is 0 Å². The number of halogens is 2. The van der Waals surface area contributed by atoms with E-state index in [4.69, 9.17) is 27.9 Å². The summed E-state index contributed by atoms with van der Waals surface area (Å²) in [5.41, 5.74) is -0.136. The van der Waals surface area contributed by atoms with Gasteiger partial charge in [-0.3, -0.25) is 10.1 Å². The van der Waals surface area contributed by atoms with Gasteiger partial charge in [0.15, 0.2) is 5.75 Å². The lowest BCUT2D eigenvalue weighted by Gasteiger charge is -2.36. The zero-order chi connectivity index (χ0) is 14.7. The van der Waals surface area contributed by atoms with Gasteiger partial charge in [-0.25, -0.2) is 0 Å². The van der Waals surface area contributed by atoms with Crippen LogP contribution >= 0.6 is 23.2 Å². The van der Waals surface area contributed by atoms with Crippen LogP contribution in [-0.2, 0) is 0 Å². The fourth-order valence-corrected chi connectivity index (χ4v) is 2.67. The number of ether oxygens (including phenoxy) is 1. The summed E-state index contributed by atoms with van der Waals surface area (Å²) < 4.78 is 5.73. The topological polar surface area (TPSA) is 64.4 Å². The van der Waals surface area contributed by atoms with Gasteiger partial charge in [-0.1, -0.05) is 30.1 Å². The van der Waals surface area contributed by atoms with Crippen molar-refractivity contribution in [3.63, 3.8) is 0 Å². The monoisotopic (exact) mass is 318 g/mol. The van der Waals surface area contributed by atoms with Crippen LogP contribution in [0.3, 0.4) is 0 Å². The van der Waals surface area contributed by atoms with Gasteiger partial charge in [-0.2, -0.15) is 0 Å². The maximum Gasteiger partial charge on any atom is 0.272 e. The van der Waals surface area contributed by atoms with E-state index >= 15 is 0 Å². The van der Waals surface area contributed by atoms with Gasteiger partial charge >= 0.3 is 0 Å². The van der Waals surface area contributed by atoms with Crippen LogP contribution in [0.4, 0.5) is 5.69 Å². The van der Waals surface area contributed by atoms with Crippen LogP contribution in [0.1, 0.15) is 26.2 Å². The number of hydrogen-bond donors (Lipinski definition) is 1. The molecule has 1 aliphatic rings. The Morgan fingerprint density at radius 1 is 1.40 bits per heavy atom. The van der Waals surface area contributed by atoms with Gasteiger partial charge in [0.25, 0.3) is 5.69 Å². The third kappa shape index (κ3) is 3.53. The molecule has 0 spiro atoms. The Kier molecular flexibility index (Phi) is 5.07. The third-order valence-electron chi connectivity index (χ3n) is 3.26. The molecule has 1 saturated carbocycles. The SMILES string of the molecule is CCCNC1CC(Oc2c(Cl)cc([N+](=O)[O-])cc2Cl)C1. The van der Waals surface area contributed by atoms with Crippen LogP contribution in [0.15, 0.2) is 12.1 Å². The Morgan fingerprint density at radius 3 is 2.50 bits per heavy atom. The minimum Gasteiger partial charge on any atom is -0.487 e. The Balaban J connectivity index is 1.96. The zero-order valence-electron chi connectivity index (χ0n) is 11.1. The summed E-state index contributed by atoms with van der Waals surface area (Å²) in [6, 6.07) is 2.98. The Hall–Kier alpha value is -1.04. The van der Waals surface area contributed by atoms with E-state index in [0.29, 0.717) is 11.8 Å². The number of nitrogens with zero attached hydrogens (tertiary/aromatic N) is 1. The predicted molar refractivity (Wildman–Crippen MR) is 78.8 cm³/mol. The summed E-state index contributed by atoms with van der Waals surface area (Å²) in [6.45, 7) is 3.12. The van der Waals surface area contributed by atoms with Gasteiger partial charge in [0.2, 0.25) is 0 Å². The molecule has 1 aromatic carbocycles. The van der Waals surface area contributed by atoms with Gasteiger partial charge in [0.1, 0.15) is 6.10 Å². The molecule has 7 heteroatoms. The summed E-state index contributed by atoms with van der Waals surface area (Å²) >= 11 is 12.0. The average Bonchev–Trinajstić information content (AvgIpc) is 2.34. The minimum absolute atomic E-state index is 0.0563. The predicted octanol–water partition coefficient (Wildman–Crippen LogP) is 3.81.